The average molecular weight is 319 g/mol. The molecule has 1 saturated heterocycles. The lowest BCUT2D eigenvalue weighted by Crippen LogP contribution is -2.31. The van der Waals surface area contributed by atoms with E-state index in [-0.39, 0.29) is 11.1 Å². The fraction of sp³-hybridized carbons (Fsp3) is 0.600. The molecule has 1 aromatic rings. The second-order valence-electron chi connectivity index (χ2n) is 6.05. The second-order valence-corrected chi connectivity index (χ2v) is 6.45. The Morgan fingerprint density at radius 2 is 2.00 bits per heavy atom. The third-order valence-electron chi connectivity index (χ3n) is 4.28. The van der Waals surface area contributed by atoms with E-state index in [1.165, 1.54) is 18.9 Å². The summed E-state index contributed by atoms with van der Waals surface area (Å²) in [6, 6.07) is 5.40. The van der Waals surface area contributed by atoms with Gasteiger partial charge in [-0.15, -0.1) is 0 Å². The van der Waals surface area contributed by atoms with Crippen LogP contribution in [0.15, 0.2) is 18.2 Å². The molecule has 116 valence electrons. The molecule has 2 aliphatic rings. The monoisotopic (exact) mass is 318 g/mol. The van der Waals surface area contributed by atoms with Crippen LogP contribution in [0, 0.1) is 0 Å². The van der Waals surface area contributed by atoms with Crippen LogP contribution in [0.2, 0.25) is 5.02 Å². The quantitative estimate of drug-likeness (QED) is 0.889. The van der Waals surface area contributed by atoms with Gasteiger partial charge in [0.15, 0.2) is 0 Å². The summed E-state index contributed by atoms with van der Waals surface area (Å²) in [7, 11) is 0. The maximum Gasteiger partial charge on any atom is 0.417 e. The van der Waals surface area contributed by atoms with Gasteiger partial charge in [0.05, 0.1) is 10.6 Å². The summed E-state index contributed by atoms with van der Waals surface area (Å²) in [4.78, 5) is 2.46. The fourth-order valence-corrected chi connectivity index (χ4v) is 3.37. The summed E-state index contributed by atoms with van der Waals surface area (Å²) < 4.78 is 38.6. The van der Waals surface area contributed by atoms with Crippen molar-refractivity contribution in [2.75, 3.05) is 11.9 Å². The van der Waals surface area contributed by atoms with Crippen LogP contribution in [0.25, 0.3) is 0 Å². The topological polar surface area (TPSA) is 15.3 Å². The Bertz CT molecular complexity index is 528. The number of hydrogen-bond acceptors (Lipinski definition) is 2. The van der Waals surface area contributed by atoms with Crippen molar-refractivity contribution < 1.29 is 13.2 Å². The maximum atomic E-state index is 12.9. The molecule has 1 aliphatic carbocycles. The Morgan fingerprint density at radius 3 is 2.62 bits per heavy atom. The first-order valence-electron chi connectivity index (χ1n) is 7.23. The third kappa shape index (κ3) is 3.29. The number of anilines is 1. The van der Waals surface area contributed by atoms with Crippen molar-refractivity contribution in [2.45, 2.75) is 50.5 Å². The SMILES string of the molecule is CC1CC(Nc2ccc(Cl)c(C(F)(F)F)c2)CN1C1CC1. The molecule has 0 spiro atoms. The number of likely N-dealkylation sites (tertiary alicyclic amines) is 1. The highest BCUT2D eigenvalue weighted by Crippen LogP contribution is 2.37. The number of rotatable bonds is 3. The highest BCUT2D eigenvalue weighted by Gasteiger charge is 2.39. The molecule has 0 radical (unpaired) electrons. The van der Waals surface area contributed by atoms with Gasteiger partial charge in [0.2, 0.25) is 0 Å². The van der Waals surface area contributed by atoms with Gasteiger partial charge in [0.25, 0.3) is 0 Å². The average Bonchev–Trinajstić information content (AvgIpc) is 3.15. The van der Waals surface area contributed by atoms with Crippen LogP contribution >= 0.6 is 11.6 Å². The van der Waals surface area contributed by atoms with Crippen molar-refractivity contribution in [1.82, 2.24) is 4.90 Å². The lowest BCUT2D eigenvalue weighted by atomic mass is 10.1. The van der Waals surface area contributed by atoms with Crippen molar-refractivity contribution >= 4 is 17.3 Å². The molecule has 3 rings (SSSR count). The Hall–Kier alpha value is -0.940. The molecule has 1 aliphatic heterocycles. The Kier molecular flexibility index (Phi) is 3.82. The van der Waals surface area contributed by atoms with Crippen molar-refractivity contribution in [3.63, 3.8) is 0 Å². The maximum absolute atomic E-state index is 12.9. The van der Waals surface area contributed by atoms with E-state index >= 15 is 0 Å². The van der Waals surface area contributed by atoms with E-state index in [2.05, 4.69) is 17.1 Å². The summed E-state index contributed by atoms with van der Waals surface area (Å²) >= 11 is 5.64. The van der Waals surface area contributed by atoms with Crippen molar-refractivity contribution in [1.29, 1.82) is 0 Å². The molecular formula is C15H18ClF3N2. The first kappa shape index (κ1) is 15.0. The van der Waals surface area contributed by atoms with Gasteiger partial charge in [0, 0.05) is 30.4 Å². The zero-order valence-electron chi connectivity index (χ0n) is 11.8. The van der Waals surface area contributed by atoms with E-state index in [9.17, 15) is 13.2 Å². The highest BCUT2D eigenvalue weighted by molar-refractivity contribution is 6.31. The molecule has 2 unspecified atom stereocenters. The van der Waals surface area contributed by atoms with E-state index in [4.69, 9.17) is 11.6 Å². The Labute approximate surface area is 127 Å². The van der Waals surface area contributed by atoms with Crippen molar-refractivity contribution in [2.24, 2.45) is 0 Å². The van der Waals surface area contributed by atoms with Crippen LogP contribution in [-0.2, 0) is 6.18 Å². The van der Waals surface area contributed by atoms with Crippen molar-refractivity contribution in [3.05, 3.63) is 28.8 Å². The number of halogens is 4. The molecule has 2 nitrogen and oxygen atoms in total. The molecule has 0 bridgehead atoms. The standard InChI is InChI=1S/C15H18ClF3N2/c1-9-6-11(8-21(9)12-3-4-12)20-10-2-5-14(16)13(7-10)15(17,18)19/h2,5,7,9,11-12,20H,3-4,6,8H2,1H3. The normalized spacial score (nSPS) is 27.1. The van der Waals surface area contributed by atoms with E-state index in [1.54, 1.807) is 6.07 Å². The predicted molar refractivity (Wildman–Crippen MR) is 77.7 cm³/mol. The minimum Gasteiger partial charge on any atom is -0.381 e. The number of benzene rings is 1. The summed E-state index contributed by atoms with van der Waals surface area (Å²) in [5, 5.41) is 2.97. The molecule has 1 N–H and O–H groups in total. The summed E-state index contributed by atoms with van der Waals surface area (Å²) in [6.07, 6.45) is -0.968. The van der Waals surface area contributed by atoms with Gasteiger partial charge in [0.1, 0.15) is 0 Å². The number of hydrogen-bond donors (Lipinski definition) is 1. The van der Waals surface area contributed by atoms with Gasteiger partial charge in [-0.05, 0) is 44.4 Å². The fourth-order valence-electron chi connectivity index (χ4n) is 3.14. The van der Waals surface area contributed by atoms with Crippen LogP contribution in [0.1, 0.15) is 31.7 Å². The van der Waals surface area contributed by atoms with Crippen LogP contribution in [-0.4, -0.2) is 29.6 Å². The number of nitrogens with one attached hydrogen (secondary N) is 1. The summed E-state index contributed by atoms with van der Waals surface area (Å²) in [5.41, 5.74) is -0.291. The molecule has 1 heterocycles. The van der Waals surface area contributed by atoms with E-state index in [0.29, 0.717) is 17.8 Å². The molecule has 2 fully saturated rings. The largest absolute Gasteiger partial charge is 0.417 e. The summed E-state index contributed by atoms with van der Waals surface area (Å²) in [6.45, 7) is 3.08. The zero-order chi connectivity index (χ0) is 15.2. The van der Waals surface area contributed by atoms with E-state index in [0.717, 1.165) is 19.0 Å². The number of nitrogens with zero attached hydrogens (tertiary/aromatic N) is 1. The summed E-state index contributed by atoms with van der Waals surface area (Å²) in [5.74, 6) is 0. The lowest BCUT2D eigenvalue weighted by molar-refractivity contribution is -0.137. The molecule has 1 aromatic carbocycles. The van der Waals surface area contributed by atoms with Gasteiger partial charge in [-0.2, -0.15) is 13.2 Å². The van der Waals surface area contributed by atoms with Crippen LogP contribution in [0.4, 0.5) is 18.9 Å². The highest BCUT2D eigenvalue weighted by atomic mass is 35.5. The molecule has 1 saturated carbocycles. The lowest BCUT2D eigenvalue weighted by Gasteiger charge is -2.20. The minimum absolute atomic E-state index is 0.197. The van der Waals surface area contributed by atoms with Gasteiger partial charge < -0.3 is 5.32 Å². The van der Waals surface area contributed by atoms with Crippen LogP contribution in [0.5, 0.6) is 0 Å². The molecular weight excluding hydrogens is 301 g/mol. The second kappa shape index (κ2) is 5.36. The Balaban J connectivity index is 1.71. The smallest absolute Gasteiger partial charge is 0.381 e. The number of alkyl halides is 3. The first-order chi connectivity index (χ1) is 9.84. The third-order valence-corrected chi connectivity index (χ3v) is 4.61. The van der Waals surface area contributed by atoms with Crippen LogP contribution in [0.3, 0.4) is 0 Å². The molecule has 21 heavy (non-hydrogen) atoms. The minimum atomic E-state index is -4.42. The van der Waals surface area contributed by atoms with E-state index < -0.39 is 11.7 Å². The van der Waals surface area contributed by atoms with Gasteiger partial charge in [-0.25, -0.2) is 0 Å². The van der Waals surface area contributed by atoms with Gasteiger partial charge in [-0.1, -0.05) is 11.6 Å². The molecule has 6 heteroatoms. The van der Waals surface area contributed by atoms with Gasteiger partial charge >= 0.3 is 6.18 Å². The first-order valence-corrected chi connectivity index (χ1v) is 7.61. The molecule has 0 aromatic heterocycles. The van der Waals surface area contributed by atoms with Crippen LogP contribution < -0.4 is 5.32 Å². The molecule has 0 amide bonds. The van der Waals surface area contributed by atoms with Crippen molar-refractivity contribution in [3.8, 4) is 0 Å². The van der Waals surface area contributed by atoms with E-state index in [1.807, 2.05) is 0 Å². The Morgan fingerprint density at radius 1 is 1.29 bits per heavy atom. The van der Waals surface area contributed by atoms with Gasteiger partial charge in [-0.3, -0.25) is 4.90 Å². The zero-order valence-corrected chi connectivity index (χ0v) is 12.5. The predicted octanol–water partition coefficient (Wildman–Crippen LogP) is 4.40. The molecule has 2 atom stereocenters.